The van der Waals surface area contributed by atoms with Gasteiger partial charge in [-0.25, -0.2) is 15.0 Å². The molecule has 0 aliphatic heterocycles. The molecule has 12 heavy (non-hydrogen) atoms. The summed E-state index contributed by atoms with van der Waals surface area (Å²) in [6, 6.07) is 0. The van der Waals surface area contributed by atoms with Gasteiger partial charge < -0.3 is 4.57 Å². The smallest absolute Gasteiger partial charge is 0.198 e. The van der Waals surface area contributed by atoms with E-state index in [1.807, 2.05) is 18.5 Å². The molecule has 0 saturated heterocycles. The molecule has 2 aromatic rings. The van der Waals surface area contributed by atoms with Crippen molar-refractivity contribution in [3.63, 3.8) is 0 Å². The van der Waals surface area contributed by atoms with Gasteiger partial charge in [0.05, 0.1) is 6.20 Å². The van der Waals surface area contributed by atoms with Gasteiger partial charge in [0.25, 0.3) is 0 Å². The van der Waals surface area contributed by atoms with E-state index in [0.717, 1.165) is 20.8 Å². The molecule has 0 saturated carbocycles. The van der Waals surface area contributed by atoms with Crippen LogP contribution in [0.2, 0.25) is 0 Å². The predicted octanol–water partition coefficient (Wildman–Crippen LogP) is 1.28. The van der Waals surface area contributed by atoms with Gasteiger partial charge in [0.2, 0.25) is 0 Å². The number of halogens is 1. The van der Waals surface area contributed by atoms with E-state index in [4.69, 9.17) is 0 Å². The zero-order valence-corrected chi connectivity index (χ0v) is 8.90. The van der Waals surface area contributed by atoms with Crippen LogP contribution in [0.15, 0.2) is 6.20 Å². The first kappa shape index (κ1) is 7.90. The van der Waals surface area contributed by atoms with E-state index in [1.165, 1.54) is 0 Å². The molecule has 4 nitrogen and oxygen atoms in total. The number of fused-ring (bicyclic) bond motifs is 1. The van der Waals surface area contributed by atoms with E-state index >= 15 is 0 Å². The minimum atomic E-state index is 0.724. The van der Waals surface area contributed by atoms with Crippen LogP contribution in [0, 0.1) is 10.6 Å². The Kier molecular flexibility index (Phi) is 1.75. The summed E-state index contributed by atoms with van der Waals surface area (Å²) in [6.07, 6.45) is 1.74. The SMILES string of the molecule is Cc1nc2nc(I)cnc2n1C. The molecule has 0 aromatic carbocycles. The number of imidazole rings is 1. The Balaban J connectivity index is 2.87. The molecule has 0 aliphatic carbocycles. The van der Waals surface area contributed by atoms with E-state index < -0.39 is 0 Å². The second-order valence-corrected chi connectivity index (χ2v) is 3.66. The fourth-order valence-corrected chi connectivity index (χ4v) is 1.41. The lowest BCUT2D eigenvalue weighted by atomic mass is 10.6. The quantitative estimate of drug-likeness (QED) is 0.680. The topological polar surface area (TPSA) is 43.6 Å². The summed E-state index contributed by atoms with van der Waals surface area (Å²) in [7, 11) is 1.94. The van der Waals surface area contributed by atoms with E-state index in [-0.39, 0.29) is 0 Å². The molecular weight excluding hydrogens is 267 g/mol. The van der Waals surface area contributed by atoms with Crippen LogP contribution in [0.25, 0.3) is 11.3 Å². The fraction of sp³-hybridized carbons (Fsp3) is 0.286. The van der Waals surface area contributed by atoms with Gasteiger partial charge in [0.1, 0.15) is 9.53 Å². The van der Waals surface area contributed by atoms with Crippen LogP contribution in [-0.2, 0) is 7.05 Å². The minimum absolute atomic E-state index is 0.724. The van der Waals surface area contributed by atoms with Crippen molar-refractivity contribution in [2.24, 2.45) is 7.05 Å². The summed E-state index contributed by atoms with van der Waals surface area (Å²) in [5.74, 6) is 0.937. The Labute approximate surface area is 83.2 Å². The van der Waals surface area contributed by atoms with Gasteiger partial charge in [-0.15, -0.1) is 0 Å². The largest absolute Gasteiger partial charge is 0.315 e. The lowest BCUT2D eigenvalue weighted by Gasteiger charge is -1.93. The predicted molar refractivity (Wildman–Crippen MR) is 53.8 cm³/mol. The highest BCUT2D eigenvalue weighted by Crippen LogP contribution is 2.10. The first-order valence-electron chi connectivity index (χ1n) is 3.50. The molecule has 0 fully saturated rings. The molecule has 0 spiro atoms. The lowest BCUT2D eigenvalue weighted by Crippen LogP contribution is -1.93. The molecule has 5 heteroatoms. The van der Waals surface area contributed by atoms with Crippen LogP contribution in [0.3, 0.4) is 0 Å². The van der Waals surface area contributed by atoms with Gasteiger partial charge >= 0.3 is 0 Å². The summed E-state index contributed by atoms with van der Waals surface area (Å²) in [5.41, 5.74) is 1.56. The summed E-state index contributed by atoms with van der Waals surface area (Å²) in [6.45, 7) is 1.94. The highest BCUT2D eigenvalue weighted by atomic mass is 127. The Morgan fingerprint density at radius 1 is 1.42 bits per heavy atom. The molecule has 0 amide bonds. The van der Waals surface area contributed by atoms with E-state index in [0.29, 0.717) is 0 Å². The molecule has 0 unspecified atom stereocenters. The van der Waals surface area contributed by atoms with Crippen LogP contribution in [0.5, 0.6) is 0 Å². The normalized spacial score (nSPS) is 10.9. The van der Waals surface area contributed by atoms with E-state index in [9.17, 15) is 0 Å². The highest BCUT2D eigenvalue weighted by molar-refractivity contribution is 14.1. The van der Waals surface area contributed by atoms with Crippen molar-refractivity contribution in [1.29, 1.82) is 0 Å². The van der Waals surface area contributed by atoms with Crippen LogP contribution in [-0.4, -0.2) is 19.5 Å². The van der Waals surface area contributed by atoms with Gasteiger partial charge in [-0.05, 0) is 29.5 Å². The van der Waals surface area contributed by atoms with Gasteiger partial charge in [-0.3, -0.25) is 0 Å². The summed E-state index contributed by atoms with van der Waals surface area (Å²) in [4.78, 5) is 12.7. The Hall–Kier alpha value is -0.720. The highest BCUT2D eigenvalue weighted by Gasteiger charge is 2.05. The molecule has 0 bridgehead atoms. The van der Waals surface area contributed by atoms with Crippen molar-refractivity contribution in [2.75, 3.05) is 0 Å². The number of nitrogens with zero attached hydrogens (tertiary/aromatic N) is 4. The Bertz CT molecular complexity index is 434. The molecule has 0 aliphatic rings. The van der Waals surface area contributed by atoms with Crippen molar-refractivity contribution < 1.29 is 0 Å². The monoisotopic (exact) mass is 274 g/mol. The molecular formula is C7H7IN4. The van der Waals surface area contributed by atoms with Crippen LogP contribution >= 0.6 is 22.6 Å². The van der Waals surface area contributed by atoms with Gasteiger partial charge in [-0.1, -0.05) is 0 Å². The molecule has 0 atom stereocenters. The maximum atomic E-state index is 4.26. The standard InChI is InChI=1S/C7H7IN4/c1-4-10-6-7(12(4)2)9-3-5(8)11-6/h3H,1-2H3. The molecule has 62 valence electrons. The average molecular weight is 274 g/mol. The van der Waals surface area contributed by atoms with Crippen LogP contribution in [0.1, 0.15) is 5.82 Å². The summed E-state index contributed by atoms with van der Waals surface area (Å²) in [5, 5.41) is 0. The Morgan fingerprint density at radius 2 is 2.17 bits per heavy atom. The number of aromatic nitrogens is 4. The summed E-state index contributed by atoms with van der Waals surface area (Å²) >= 11 is 2.13. The second kappa shape index (κ2) is 2.65. The molecule has 0 N–H and O–H groups in total. The van der Waals surface area contributed by atoms with Crippen molar-refractivity contribution in [2.45, 2.75) is 6.92 Å². The molecule has 2 rings (SSSR count). The number of hydrogen-bond donors (Lipinski definition) is 0. The zero-order valence-electron chi connectivity index (χ0n) is 6.74. The van der Waals surface area contributed by atoms with Crippen LogP contribution in [0.4, 0.5) is 0 Å². The maximum Gasteiger partial charge on any atom is 0.198 e. The van der Waals surface area contributed by atoms with Gasteiger partial charge in [0.15, 0.2) is 11.3 Å². The van der Waals surface area contributed by atoms with Gasteiger partial charge in [0, 0.05) is 7.05 Å². The van der Waals surface area contributed by atoms with Crippen molar-refractivity contribution in [1.82, 2.24) is 19.5 Å². The maximum absolute atomic E-state index is 4.26. The van der Waals surface area contributed by atoms with Crippen molar-refractivity contribution >= 4 is 33.9 Å². The summed E-state index contributed by atoms with van der Waals surface area (Å²) < 4.78 is 2.80. The number of hydrogen-bond acceptors (Lipinski definition) is 3. The first-order valence-corrected chi connectivity index (χ1v) is 4.58. The van der Waals surface area contributed by atoms with Crippen molar-refractivity contribution in [3.8, 4) is 0 Å². The lowest BCUT2D eigenvalue weighted by molar-refractivity contribution is 0.874. The third-order valence-electron chi connectivity index (χ3n) is 1.78. The van der Waals surface area contributed by atoms with Crippen molar-refractivity contribution in [3.05, 3.63) is 15.7 Å². The molecule has 2 heterocycles. The zero-order chi connectivity index (χ0) is 8.72. The average Bonchev–Trinajstić information content (AvgIpc) is 2.28. The van der Waals surface area contributed by atoms with Crippen LogP contribution < -0.4 is 0 Å². The van der Waals surface area contributed by atoms with E-state index in [1.54, 1.807) is 6.20 Å². The third kappa shape index (κ3) is 1.08. The molecule has 0 radical (unpaired) electrons. The first-order chi connectivity index (χ1) is 5.68. The minimum Gasteiger partial charge on any atom is -0.315 e. The Morgan fingerprint density at radius 3 is 2.92 bits per heavy atom. The molecule has 2 aromatic heterocycles. The second-order valence-electron chi connectivity index (χ2n) is 2.56. The number of aryl methyl sites for hydroxylation is 2. The van der Waals surface area contributed by atoms with Gasteiger partial charge in [-0.2, -0.15) is 0 Å². The van der Waals surface area contributed by atoms with E-state index in [2.05, 4.69) is 37.5 Å². The third-order valence-corrected chi connectivity index (χ3v) is 2.30. The number of rotatable bonds is 0. The fourth-order valence-electron chi connectivity index (χ4n) is 1.05.